The van der Waals surface area contributed by atoms with Gasteiger partial charge in [-0.15, -0.1) is 0 Å². The van der Waals surface area contributed by atoms with E-state index in [0.717, 1.165) is 11.9 Å². The number of nitrogens with one attached hydrogen (secondary N) is 1. The first-order chi connectivity index (χ1) is 17.4. The third-order valence-corrected chi connectivity index (χ3v) is 6.22. The Bertz CT molecular complexity index is 1390. The van der Waals surface area contributed by atoms with Crippen molar-refractivity contribution in [3.63, 3.8) is 0 Å². The first kappa shape index (κ1) is 24.0. The number of hydrogen-bond acceptors (Lipinski definition) is 8. The van der Waals surface area contributed by atoms with Gasteiger partial charge in [0.05, 0.1) is 49.5 Å². The van der Waals surface area contributed by atoms with Crippen molar-refractivity contribution in [2.75, 3.05) is 36.6 Å². The van der Waals surface area contributed by atoms with Crippen molar-refractivity contribution < 1.29 is 18.6 Å². The van der Waals surface area contributed by atoms with Crippen LogP contribution in [-0.2, 0) is 4.74 Å². The third-order valence-electron chi connectivity index (χ3n) is 6.22. The van der Waals surface area contributed by atoms with Crippen LogP contribution in [0.15, 0.2) is 36.7 Å². The van der Waals surface area contributed by atoms with Crippen LogP contribution in [0.25, 0.3) is 22.3 Å². The average Bonchev–Trinajstić information content (AvgIpc) is 3.22. The van der Waals surface area contributed by atoms with Crippen molar-refractivity contribution in [3.8, 4) is 11.3 Å². The number of rotatable bonds is 6. The van der Waals surface area contributed by atoms with E-state index >= 15 is 0 Å². The fourth-order valence-corrected chi connectivity index (χ4v) is 4.58. The number of benzene rings is 1. The molecule has 4 aromatic rings. The van der Waals surface area contributed by atoms with Crippen LogP contribution in [-0.4, -0.2) is 62.0 Å². The molecule has 1 fully saturated rings. The molecule has 4 heterocycles. The van der Waals surface area contributed by atoms with Crippen molar-refractivity contribution in [3.05, 3.63) is 54.1 Å². The summed E-state index contributed by atoms with van der Waals surface area (Å²) in [7, 11) is 0. The molecule has 36 heavy (non-hydrogen) atoms. The number of pyridine rings is 1. The van der Waals surface area contributed by atoms with E-state index in [9.17, 15) is 13.9 Å². The van der Waals surface area contributed by atoms with Crippen LogP contribution < -0.4 is 10.2 Å². The molecule has 188 valence electrons. The van der Waals surface area contributed by atoms with Crippen LogP contribution in [0.1, 0.15) is 25.7 Å². The summed E-state index contributed by atoms with van der Waals surface area (Å²) < 4.78 is 37.0. The molecule has 0 amide bonds. The standard InChI is InChI=1S/C25H27F2N7O2/c1-14(2)34-15(3)30-24-19(26)8-16(9-21(24)34)23-20(27)11-29-25(32-23)31-22-5-4-17(10-28-22)33-6-7-36-13-18(33)12-35/h4-5,8-11,14,18,35H,6-7,12-13H2,1-3H3,(H,28,29,31,32)/t18-/m0/s1. The number of aliphatic hydroxyl groups is 1. The minimum atomic E-state index is -0.669. The Kier molecular flexibility index (Phi) is 6.50. The predicted octanol–water partition coefficient (Wildman–Crippen LogP) is 4.00. The number of morpholine rings is 1. The van der Waals surface area contributed by atoms with Gasteiger partial charge in [-0.2, -0.15) is 0 Å². The molecule has 1 aliphatic rings. The molecule has 1 aliphatic heterocycles. The number of ether oxygens (including phenoxy) is 1. The number of aromatic nitrogens is 5. The summed E-state index contributed by atoms with van der Waals surface area (Å²) in [5, 5.41) is 12.6. The Morgan fingerprint density at radius 2 is 1.97 bits per heavy atom. The van der Waals surface area contributed by atoms with Crippen molar-refractivity contribution in [1.82, 2.24) is 24.5 Å². The molecule has 0 radical (unpaired) electrons. The summed E-state index contributed by atoms with van der Waals surface area (Å²) in [5.41, 5.74) is 1.93. The molecule has 1 saturated heterocycles. The molecule has 1 aromatic carbocycles. The van der Waals surface area contributed by atoms with Gasteiger partial charge in [-0.1, -0.05) is 0 Å². The van der Waals surface area contributed by atoms with Crippen LogP contribution in [0.3, 0.4) is 0 Å². The highest BCUT2D eigenvalue weighted by atomic mass is 19.1. The summed E-state index contributed by atoms with van der Waals surface area (Å²) in [6, 6.07) is 6.47. The number of imidazole rings is 1. The second kappa shape index (κ2) is 9.75. The average molecular weight is 496 g/mol. The zero-order chi connectivity index (χ0) is 25.4. The van der Waals surface area contributed by atoms with Gasteiger partial charge >= 0.3 is 0 Å². The van der Waals surface area contributed by atoms with Crippen LogP contribution in [0, 0.1) is 18.6 Å². The van der Waals surface area contributed by atoms with Gasteiger partial charge < -0.3 is 24.6 Å². The number of hydrogen-bond donors (Lipinski definition) is 2. The van der Waals surface area contributed by atoms with E-state index in [-0.39, 0.29) is 41.4 Å². The van der Waals surface area contributed by atoms with E-state index in [0.29, 0.717) is 36.9 Å². The molecule has 9 nitrogen and oxygen atoms in total. The van der Waals surface area contributed by atoms with E-state index < -0.39 is 11.6 Å². The quantitative estimate of drug-likeness (QED) is 0.414. The molecule has 5 rings (SSSR count). The molecule has 11 heteroatoms. The second-order valence-electron chi connectivity index (χ2n) is 8.97. The minimum Gasteiger partial charge on any atom is -0.394 e. The van der Waals surface area contributed by atoms with Gasteiger partial charge in [0.1, 0.15) is 22.9 Å². The lowest BCUT2D eigenvalue weighted by atomic mass is 10.1. The second-order valence-corrected chi connectivity index (χ2v) is 8.97. The van der Waals surface area contributed by atoms with Crippen LogP contribution in [0.5, 0.6) is 0 Å². The third kappa shape index (κ3) is 4.47. The maximum absolute atomic E-state index is 14.9. The molecule has 3 aromatic heterocycles. The topological polar surface area (TPSA) is 101 Å². The molecule has 2 N–H and O–H groups in total. The summed E-state index contributed by atoms with van der Waals surface area (Å²) >= 11 is 0. The number of aryl methyl sites for hydroxylation is 1. The lowest BCUT2D eigenvalue weighted by molar-refractivity contribution is 0.0727. The van der Waals surface area contributed by atoms with Crippen LogP contribution >= 0.6 is 0 Å². The lowest BCUT2D eigenvalue weighted by Gasteiger charge is -2.36. The zero-order valence-electron chi connectivity index (χ0n) is 20.2. The first-order valence-corrected chi connectivity index (χ1v) is 11.7. The van der Waals surface area contributed by atoms with Crippen molar-refractivity contribution >= 4 is 28.5 Å². The van der Waals surface area contributed by atoms with E-state index in [1.807, 2.05) is 36.3 Å². The van der Waals surface area contributed by atoms with Gasteiger partial charge in [0.2, 0.25) is 5.95 Å². The SMILES string of the molecule is Cc1nc2c(F)cc(-c3nc(Nc4ccc(N5CCOC[C@@H]5CO)cn4)ncc3F)cc2n1C(C)C. The Morgan fingerprint density at radius 1 is 1.14 bits per heavy atom. The Hall–Kier alpha value is -3.70. The molecule has 0 spiro atoms. The van der Waals surface area contributed by atoms with Gasteiger partial charge in [0.25, 0.3) is 0 Å². The van der Waals surface area contributed by atoms with Gasteiger partial charge in [-0.3, -0.25) is 0 Å². The maximum atomic E-state index is 14.9. The van der Waals surface area contributed by atoms with E-state index in [2.05, 4.69) is 25.3 Å². The summed E-state index contributed by atoms with van der Waals surface area (Å²) in [6.07, 6.45) is 2.73. The largest absolute Gasteiger partial charge is 0.394 e. The molecule has 0 saturated carbocycles. The first-order valence-electron chi connectivity index (χ1n) is 11.7. The van der Waals surface area contributed by atoms with Gasteiger partial charge in [-0.25, -0.2) is 28.7 Å². The Morgan fingerprint density at radius 3 is 2.69 bits per heavy atom. The van der Waals surface area contributed by atoms with Crippen molar-refractivity contribution in [2.45, 2.75) is 32.9 Å². The van der Waals surface area contributed by atoms with E-state index in [1.165, 1.54) is 6.07 Å². The van der Waals surface area contributed by atoms with E-state index in [1.54, 1.807) is 18.3 Å². The Balaban J connectivity index is 1.43. The predicted molar refractivity (Wildman–Crippen MR) is 132 cm³/mol. The summed E-state index contributed by atoms with van der Waals surface area (Å²) in [4.78, 5) is 19.1. The minimum absolute atomic E-state index is 0.0178. The molecule has 0 unspecified atom stereocenters. The highest BCUT2D eigenvalue weighted by Gasteiger charge is 2.23. The van der Waals surface area contributed by atoms with Crippen LogP contribution in [0.4, 0.5) is 26.2 Å². The van der Waals surface area contributed by atoms with Gasteiger partial charge in [-0.05, 0) is 45.0 Å². The normalized spacial score (nSPS) is 16.2. The van der Waals surface area contributed by atoms with Crippen molar-refractivity contribution in [2.24, 2.45) is 0 Å². The monoisotopic (exact) mass is 495 g/mol. The molecular formula is C25H27F2N7O2. The van der Waals surface area contributed by atoms with Gasteiger partial charge in [0.15, 0.2) is 11.6 Å². The Labute approximate surface area is 206 Å². The molecular weight excluding hydrogens is 468 g/mol. The highest BCUT2D eigenvalue weighted by Crippen LogP contribution is 2.30. The fraction of sp³-hybridized carbons (Fsp3) is 0.360. The summed E-state index contributed by atoms with van der Waals surface area (Å²) in [6.45, 7) is 7.43. The van der Waals surface area contributed by atoms with Crippen molar-refractivity contribution in [1.29, 1.82) is 0 Å². The van der Waals surface area contributed by atoms with E-state index in [4.69, 9.17) is 4.74 Å². The summed E-state index contributed by atoms with van der Waals surface area (Å²) in [5.74, 6) is 0.0513. The maximum Gasteiger partial charge on any atom is 0.229 e. The number of aliphatic hydroxyl groups excluding tert-OH is 1. The smallest absolute Gasteiger partial charge is 0.229 e. The number of halogens is 2. The number of nitrogens with zero attached hydrogens (tertiary/aromatic N) is 6. The number of anilines is 3. The zero-order valence-corrected chi connectivity index (χ0v) is 20.2. The lowest BCUT2D eigenvalue weighted by Crippen LogP contribution is -2.47. The molecule has 0 aliphatic carbocycles. The molecule has 1 atom stereocenters. The highest BCUT2D eigenvalue weighted by molar-refractivity contribution is 5.83. The van der Waals surface area contributed by atoms with Gasteiger partial charge in [0, 0.05) is 18.2 Å². The number of fused-ring (bicyclic) bond motifs is 1. The molecule has 0 bridgehead atoms. The van der Waals surface area contributed by atoms with Crippen LogP contribution in [0.2, 0.25) is 0 Å². The fourth-order valence-electron chi connectivity index (χ4n) is 4.58.